The summed E-state index contributed by atoms with van der Waals surface area (Å²) in [6, 6.07) is 10.1. The molecule has 0 N–H and O–H groups in total. The Hall–Kier alpha value is -1.26. The van der Waals surface area contributed by atoms with Gasteiger partial charge in [-0.15, -0.1) is 0 Å². The molecule has 12 heteroatoms. The van der Waals surface area contributed by atoms with Gasteiger partial charge in [0.25, 0.3) is 0 Å². The highest BCUT2D eigenvalue weighted by Gasteiger charge is 1.99. The quantitative estimate of drug-likeness (QED) is 0.0968. The first kappa shape index (κ1) is 42.8. The summed E-state index contributed by atoms with van der Waals surface area (Å²) >= 11 is 0. The van der Waals surface area contributed by atoms with E-state index in [1.807, 2.05) is 30.3 Å². The van der Waals surface area contributed by atoms with Gasteiger partial charge in [0, 0.05) is 6.61 Å². The molecule has 0 aromatic heterocycles. The largest absolute Gasteiger partial charge is 0.379 e. The Kier molecular flexibility index (Phi) is 34.0. The molecule has 1 atom stereocenters. The van der Waals surface area contributed by atoms with Crippen LogP contribution in [0, 0.1) is 5.92 Å². The van der Waals surface area contributed by atoms with Crippen molar-refractivity contribution in [2.45, 2.75) is 26.9 Å². The molecule has 0 fully saturated rings. The summed E-state index contributed by atoms with van der Waals surface area (Å²) in [6.07, 6.45) is 1.13. The van der Waals surface area contributed by atoms with Crippen molar-refractivity contribution in [3.05, 3.63) is 35.9 Å². The maximum Gasteiger partial charge on any atom is 0.0718 e. The molecule has 0 spiro atoms. The van der Waals surface area contributed by atoms with Gasteiger partial charge in [0.05, 0.1) is 152 Å². The van der Waals surface area contributed by atoms with Crippen LogP contribution in [-0.2, 0) is 63.4 Å². The molecule has 0 bridgehead atoms. The van der Waals surface area contributed by atoms with Crippen molar-refractivity contribution in [3.8, 4) is 0 Å². The first-order chi connectivity index (χ1) is 22.8. The van der Waals surface area contributed by atoms with Crippen LogP contribution in [0.3, 0.4) is 0 Å². The predicted molar refractivity (Wildman–Crippen MR) is 175 cm³/mol. The van der Waals surface area contributed by atoms with E-state index in [1.165, 1.54) is 0 Å². The van der Waals surface area contributed by atoms with Gasteiger partial charge in [-0.25, -0.2) is 0 Å². The Labute approximate surface area is 277 Å². The molecule has 1 aromatic rings. The van der Waals surface area contributed by atoms with Gasteiger partial charge >= 0.3 is 0 Å². The molecule has 0 radical (unpaired) electrons. The van der Waals surface area contributed by atoms with Gasteiger partial charge in [-0.2, -0.15) is 0 Å². The zero-order valence-corrected chi connectivity index (χ0v) is 28.5. The Morgan fingerprint density at radius 2 is 0.630 bits per heavy atom. The van der Waals surface area contributed by atoms with E-state index in [-0.39, 0.29) is 0 Å². The molecule has 1 aromatic carbocycles. The van der Waals surface area contributed by atoms with Gasteiger partial charge in [-0.3, -0.25) is 0 Å². The summed E-state index contributed by atoms with van der Waals surface area (Å²) in [5.74, 6) is 0.598. The van der Waals surface area contributed by atoms with E-state index in [1.54, 1.807) is 0 Å². The van der Waals surface area contributed by atoms with E-state index in [2.05, 4.69) is 13.8 Å². The minimum Gasteiger partial charge on any atom is -0.379 e. The molecule has 0 aliphatic heterocycles. The van der Waals surface area contributed by atoms with Crippen LogP contribution in [0.2, 0.25) is 0 Å². The monoisotopic (exact) mass is 662 g/mol. The van der Waals surface area contributed by atoms with Crippen molar-refractivity contribution >= 4 is 0 Å². The van der Waals surface area contributed by atoms with Crippen LogP contribution in [0.1, 0.15) is 25.8 Å². The highest BCUT2D eigenvalue weighted by Crippen LogP contribution is 2.01. The minimum absolute atomic E-state index is 0.516. The molecule has 46 heavy (non-hydrogen) atoms. The Bertz CT molecular complexity index is 700. The molecule has 12 nitrogen and oxygen atoms in total. The third-order valence-corrected chi connectivity index (χ3v) is 6.30. The molecule has 1 rings (SSSR count). The SMILES string of the molecule is CCC(C)COCCOCCOCCOCCOCCOCCOCCOCCOCCOCCOCCOCc1ccccc1. The zero-order valence-electron chi connectivity index (χ0n) is 28.5. The topological polar surface area (TPSA) is 111 Å². The van der Waals surface area contributed by atoms with Crippen LogP contribution in [0.5, 0.6) is 0 Å². The van der Waals surface area contributed by atoms with Crippen molar-refractivity contribution in [2.24, 2.45) is 5.92 Å². The van der Waals surface area contributed by atoms with Gasteiger partial charge < -0.3 is 56.8 Å². The lowest BCUT2D eigenvalue weighted by Crippen LogP contribution is -2.15. The van der Waals surface area contributed by atoms with Gasteiger partial charge in [0.1, 0.15) is 0 Å². The smallest absolute Gasteiger partial charge is 0.0718 e. The van der Waals surface area contributed by atoms with Crippen molar-refractivity contribution < 1.29 is 56.8 Å². The summed E-state index contributed by atoms with van der Waals surface area (Å²) in [6.45, 7) is 17.6. The predicted octanol–water partition coefficient (Wildman–Crippen LogP) is 3.43. The first-order valence-electron chi connectivity index (χ1n) is 16.8. The molecule has 0 aliphatic rings. The van der Waals surface area contributed by atoms with Gasteiger partial charge in [0.15, 0.2) is 0 Å². The van der Waals surface area contributed by atoms with Crippen molar-refractivity contribution in [1.29, 1.82) is 0 Å². The molecule has 0 amide bonds. The number of benzene rings is 1. The average molecular weight is 663 g/mol. The second-order valence-corrected chi connectivity index (χ2v) is 10.3. The summed E-state index contributed by atoms with van der Waals surface area (Å²) in [5, 5.41) is 0. The Morgan fingerprint density at radius 3 is 0.913 bits per heavy atom. The molecule has 0 heterocycles. The third kappa shape index (κ3) is 32.7. The molecule has 0 aliphatic carbocycles. The molecular formula is C34H62O12. The summed E-state index contributed by atoms with van der Waals surface area (Å²) in [5.41, 5.74) is 1.16. The van der Waals surface area contributed by atoms with Gasteiger partial charge in [-0.05, 0) is 11.5 Å². The zero-order chi connectivity index (χ0) is 32.9. The van der Waals surface area contributed by atoms with E-state index in [0.717, 1.165) is 18.6 Å². The fraction of sp³-hybridized carbons (Fsp3) is 0.824. The van der Waals surface area contributed by atoms with Crippen LogP contribution < -0.4 is 0 Å². The first-order valence-corrected chi connectivity index (χ1v) is 16.8. The van der Waals surface area contributed by atoms with E-state index in [0.29, 0.717) is 158 Å². The van der Waals surface area contributed by atoms with E-state index in [4.69, 9.17) is 56.8 Å². The van der Waals surface area contributed by atoms with Crippen molar-refractivity contribution in [1.82, 2.24) is 0 Å². The fourth-order valence-corrected chi connectivity index (χ4v) is 3.48. The number of rotatable bonds is 38. The number of ether oxygens (including phenoxy) is 12. The molecular weight excluding hydrogens is 600 g/mol. The maximum absolute atomic E-state index is 5.57. The minimum atomic E-state index is 0.516. The Balaban J connectivity index is 1.61. The lowest BCUT2D eigenvalue weighted by atomic mass is 10.1. The fourth-order valence-electron chi connectivity index (χ4n) is 3.48. The Morgan fingerprint density at radius 1 is 0.370 bits per heavy atom. The maximum atomic E-state index is 5.57. The number of hydrogen-bond donors (Lipinski definition) is 0. The van der Waals surface area contributed by atoms with Crippen LogP contribution in [0.4, 0.5) is 0 Å². The normalized spacial score (nSPS) is 12.2. The van der Waals surface area contributed by atoms with Crippen LogP contribution in [0.15, 0.2) is 30.3 Å². The van der Waals surface area contributed by atoms with Crippen LogP contribution in [0.25, 0.3) is 0 Å². The molecule has 0 saturated carbocycles. The summed E-state index contributed by atoms with van der Waals surface area (Å²) < 4.78 is 66.0. The summed E-state index contributed by atoms with van der Waals surface area (Å²) in [4.78, 5) is 0. The summed E-state index contributed by atoms with van der Waals surface area (Å²) in [7, 11) is 0. The van der Waals surface area contributed by atoms with E-state index in [9.17, 15) is 0 Å². The molecule has 1 unspecified atom stereocenters. The van der Waals surface area contributed by atoms with Crippen molar-refractivity contribution in [2.75, 3.05) is 152 Å². The van der Waals surface area contributed by atoms with Crippen LogP contribution in [-0.4, -0.2) is 152 Å². The van der Waals surface area contributed by atoms with Gasteiger partial charge in [0.2, 0.25) is 0 Å². The van der Waals surface area contributed by atoms with Gasteiger partial charge in [-0.1, -0.05) is 50.6 Å². The lowest BCUT2D eigenvalue weighted by molar-refractivity contribution is -0.0287. The second-order valence-electron chi connectivity index (χ2n) is 10.3. The molecule has 0 saturated heterocycles. The second kappa shape index (κ2) is 36.6. The third-order valence-electron chi connectivity index (χ3n) is 6.30. The van der Waals surface area contributed by atoms with Crippen LogP contribution >= 0.6 is 0 Å². The molecule has 270 valence electrons. The number of hydrogen-bond acceptors (Lipinski definition) is 12. The van der Waals surface area contributed by atoms with E-state index < -0.39 is 0 Å². The highest BCUT2D eigenvalue weighted by atomic mass is 16.6. The highest BCUT2D eigenvalue weighted by molar-refractivity contribution is 5.13. The lowest BCUT2D eigenvalue weighted by Gasteiger charge is -2.10. The average Bonchev–Trinajstić information content (AvgIpc) is 3.08. The van der Waals surface area contributed by atoms with Crippen molar-refractivity contribution in [3.63, 3.8) is 0 Å². The van der Waals surface area contributed by atoms with E-state index >= 15 is 0 Å². The standard InChI is InChI=1S/C34H62O12/c1-3-33(2)31-45-29-27-43-25-23-41-21-19-39-17-15-37-13-11-35-9-10-36-12-14-38-16-18-40-20-22-42-24-26-44-28-30-46-32-34-7-5-4-6-8-34/h4-8,33H,3,9-32H2,1-2H3.